The molecular weight excluding hydrogens is 320 g/mol. The van der Waals surface area contributed by atoms with E-state index in [1.807, 2.05) is 19.1 Å². The zero-order valence-corrected chi connectivity index (χ0v) is 14.5. The van der Waals surface area contributed by atoms with Crippen LogP contribution in [-0.2, 0) is 0 Å². The minimum Gasteiger partial charge on any atom is -0.481 e. The van der Waals surface area contributed by atoms with Crippen LogP contribution in [0, 0.1) is 6.92 Å². The fourth-order valence-corrected chi connectivity index (χ4v) is 2.17. The van der Waals surface area contributed by atoms with E-state index in [4.69, 9.17) is 4.74 Å². The number of aryl methyl sites for hydroxylation is 1. The SMILES string of the molecule is COc1ccc(-n2nc(C(=O)N(C)C)nc2-c2ccc(C)cn2)cn1. The number of carbonyl (C=O) groups excluding carboxylic acids is 1. The second kappa shape index (κ2) is 6.68. The normalized spacial score (nSPS) is 10.6. The zero-order valence-electron chi connectivity index (χ0n) is 14.5. The molecule has 0 aliphatic heterocycles. The maximum absolute atomic E-state index is 12.3. The molecule has 8 nitrogen and oxygen atoms in total. The Morgan fingerprint density at radius 2 is 1.92 bits per heavy atom. The highest BCUT2D eigenvalue weighted by molar-refractivity contribution is 5.90. The molecule has 0 N–H and O–H groups in total. The summed E-state index contributed by atoms with van der Waals surface area (Å²) in [6.45, 7) is 1.95. The first-order valence-corrected chi connectivity index (χ1v) is 7.61. The van der Waals surface area contributed by atoms with Crippen molar-refractivity contribution in [1.82, 2.24) is 29.6 Å². The average Bonchev–Trinajstić information content (AvgIpc) is 3.07. The van der Waals surface area contributed by atoms with Gasteiger partial charge in [-0.25, -0.2) is 14.6 Å². The Bertz CT molecular complexity index is 885. The number of methoxy groups -OCH3 is 1. The molecule has 0 aliphatic carbocycles. The van der Waals surface area contributed by atoms with Crippen molar-refractivity contribution in [2.75, 3.05) is 21.2 Å². The molecule has 0 saturated carbocycles. The highest BCUT2D eigenvalue weighted by Gasteiger charge is 2.20. The molecule has 3 aromatic heterocycles. The highest BCUT2D eigenvalue weighted by Crippen LogP contribution is 2.20. The van der Waals surface area contributed by atoms with Gasteiger partial charge in [0.05, 0.1) is 19.0 Å². The quantitative estimate of drug-likeness (QED) is 0.720. The monoisotopic (exact) mass is 338 g/mol. The van der Waals surface area contributed by atoms with Gasteiger partial charge in [0, 0.05) is 26.4 Å². The predicted octanol–water partition coefficient (Wildman–Crippen LogP) is 1.74. The topological polar surface area (TPSA) is 86.0 Å². The van der Waals surface area contributed by atoms with Crippen LogP contribution in [0.15, 0.2) is 36.7 Å². The summed E-state index contributed by atoms with van der Waals surface area (Å²) in [6, 6.07) is 7.29. The van der Waals surface area contributed by atoms with Crippen molar-refractivity contribution in [3.8, 4) is 23.1 Å². The third kappa shape index (κ3) is 3.32. The number of amides is 1. The Labute approximate surface area is 145 Å². The first-order valence-electron chi connectivity index (χ1n) is 7.61. The van der Waals surface area contributed by atoms with Crippen LogP contribution in [0.3, 0.4) is 0 Å². The number of aromatic nitrogens is 5. The van der Waals surface area contributed by atoms with E-state index in [9.17, 15) is 4.79 Å². The Balaban J connectivity index is 2.13. The summed E-state index contributed by atoms with van der Waals surface area (Å²) in [4.78, 5) is 26.7. The number of ether oxygens (including phenoxy) is 1. The largest absolute Gasteiger partial charge is 0.481 e. The molecular formula is C17H18N6O2. The minimum absolute atomic E-state index is 0.0955. The van der Waals surface area contributed by atoms with Gasteiger partial charge in [0.2, 0.25) is 11.7 Å². The fraction of sp³-hybridized carbons (Fsp3) is 0.235. The summed E-state index contributed by atoms with van der Waals surface area (Å²) in [6.07, 6.45) is 3.35. The van der Waals surface area contributed by atoms with Crippen molar-refractivity contribution in [1.29, 1.82) is 0 Å². The van der Waals surface area contributed by atoms with Crippen molar-refractivity contribution >= 4 is 5.91 Å². The Hall–Kier alpha value is -3.29. The maximum Gasteiger partial charge on any atom is 0.293 e. The molecule has 0 atom stereocenters. The second-order valence-electron chi connectivity index (χ2n) is 5.65. The van der Waals surface area contributed by atoms with Crippen molar-refractivity contribution in [2.24, 2.45) is 0 Å². The van der Waals surface area contributed by atoms with Gasteiger partial charge in [-0.3, -0.25) is 9.78 Å². The van der Waals surface area contributed by atoms with Crippen LogP contribution in [0.5, 0.6) is 5.88 Å². The third-order valence-corrected chi connectivity index (χ3v) is 3.52. The lowest BCUT2D eigenvalue weighted by atomic mass is 10.2. The number of hydrogen-bond donors (Lipinski definition) is 0. The molecule has 0 unspecified atom stereocenters. The van der Waals surface area contributed by atoms with Gasteiger partial charge in [-0.2, -0.15) is 0 Å². The number of hydrogen-bond acceptors (Lipinski definition) is 6. The molecule has 3 rings (SSSR count). The first kappa shape index (κ1) is 16.6. The van der Waals surface area contributed by atoms with E-state index >= 15 is 0 Å². The van der Waals surface area contributed by atoms with E-state index in [0.717, 1.165) is 5.56 Å². The van der Waals surface area contributed by atoms with Gasteiger partial charge >= 0.3 is 0 Å². The summed E-state index contributed by atoms with van der Waals surface area (Å²) in [7, 11) is 4.86. The molecule has 3 heterocycles. The molecule has 3 aromatic rings. The zero-order chi connectivity index (χ0) is 18.0. The van der Waals surface area contributed by atoms with Crippen LogP contribution in [0.25, 0.3) is 17.2 Å². The molecule has 0 saturated heterocycles. The van der Waals surface area contributed by atoms with Crippen LogP contribution >= 0.6 is 0 Å². The summed E-state index contributed by atoms with van der Waals surface area (Å²) >= 11 is 0. The average molecular weight is 338 g/mol. The van der Waals surface area contributed by atoms with Crippen molar-refractivity contribution in [3.63, 3.8) is 0 Å². The van der Waals surface area contributed by atoms with E-state index in [1.54, 1.807) is 50.4 Å². The molecule has 8 heteroatoms. The van der Waals surface area contributed by atoms with Crippen molar-refractivity contribution < 1.29 is 9.53 Å². The fourth-order valence-electron chi connectivity index (χ4n) is 2.17. The summed E-state index contributed by atoms with van der Waals surface area (Å²) in [5, 5.41) is 4.35. The van der Waals surface area contributed by atoms with Gasteiger partial charge in [-0.05, 0) is 24.6 Å². The van der Waals surface area contributed by atoms with Crippen molar-refractivity contribution in [2.45, 2.75) is 6.92 Å². The lowest BCUT2D eigenvalue weighted by Gasteiger charge is -2.06. The Kier molecular flexibility index (Phi) is 4.42. The van der Waals surface area contributed by atoms with E-state index in [0.29, 0.717) is 23.1 Å². The number of pyridine rings is 2. The lowest BCUT2D eigenvalue weighted by molar-refractivity contribution is 0.0816. The maximum atomic E-state index is 12.3. The predicted molar refractivity (Wildman–Crippen MR) is 91.7 cm³/mol. The van der Waals surface area contributed by atoms with Gasteiger partial charge in [0.1, 0.15) is 5.69 Å². The minimum atomic E-state index is -0.284. The smallest absolute Gasteiger partial charge is 0.293 e. The Morgan fingerprint density at radius 1 is 1.12 bits per heavy atom. The molecule has 0 fully saturated rings. The third-order valence-electron chi connectivity index (χ3n) is 3.52. The first-order chi connectivity index (χ1) is 12.0. The molecule has 1 amide bonds. The van der Waals surface area contributed by atoms with E-state index in [2.05, 4.69) is 20.1 Å². The van der Waals surface area contributed by atoms with Gasteiger partial charge in [0.25, 0.3) is 5.91 Å². The molecule has 128 valence electrons. The number of carbonyl (C=O) groups is 1. The number of nitrogens with zero attached hydrogens (tertiary/aromatic N) is 6. The molecule has 0 aromatic carbocycles. The van der Waals surface area contributed by atoms with Gasteiger partial charge in [-0.1, -0.05) is 6.07 Å². The van der Waals surface area contributed by atoms with Gasteiger partial charge in [0.15, 0.2) is 5.82 Å². The molecule has 25 heavy (non-hydrogen) atoms. The van der Waals surface area contributed by atoms with Crippen LogP contribution in [-0.4, -0.2) is 56.7 Å². The number of rotatable bonds is 4. The summed E-state index contributed by atoms with van der Waals surface area (Å²) < 4.78 is 6.63. The Morgan fingerprint density at radius 3 is 2.48 bits per heavy atom. The van der Waals surface area contributed by atoms with E-state index in [1.165, 1.54) is 4.90 Å². The van der Waals surface area contributed by atoms with Crippen molar-refractivity contribution in [3.05, 3.63) is 48.0 Å². The molecule has 0 spiro atoms. The summed E-state index contributed by atoms with van der Waals surface area (Å²) in [5.41, 5.74) is 2.31. The second-order valence-corrected chi connectivity index (χ2v) is 5.65. The van der Waals surface area contributed by atoms with Gasteiger partial charge < -0.3 is 9.64 Å². The molecule has 0 bridgehead atoms. The standard InChI is InChI=1S/C17H18N6O2/c1-11-5-7-13(18-9-11)16-20-15(17(24)22(2)3)21-23(16)12-6-8-14(25-4)19-10-12/h5-10H,1-4H3. The van der Waals surface area contributed by atoms with Crippen LogP contribution in [0.1, 0.15) is 16.2 Å². The molecule has 0 radical (unpaired) electrons. The summed E-state index contributed by atoms with van der Waals surface area (Å²) in [5.74, 6) is 0.771. The van der Waals surface area contributed by atoms with Crippen LogP contribution < -0.4 is 4.74 Å². The highest BCUT2D eigenvalue weighted by atomic mass is 16.5. The van der Waals surface area contributed by atoms with E-state index < -0.39 is 0 Å². The van der Waals surface area contributed by atoms with Crippen LogP contribution in [0.4, 0.5) is 0 Å². The van der Waals surface area contributed by atoms with Crippen LogP contribution in [0.2, 0.25) is 0 Å². The van der Waals surface area contributed by atoms with Gasteiger partial charge in [-0.15, -0.1) is 5.10 Å². The lowest BCUT2D eigenvalue weighted by Crippen LogP contribution is -2.23. The van der Waals surface area contributed by atoms with E-state index in [-0.39, 0.29) is 11.7 Å². The molecule has 0 aliphatic rings.